The fourth-order valence-electron chi connectivity index (χ4n) is 1.38. The van der Waals surface area contributed by atoms with Crippen molar-refractivity contribution in [3.05, 3.63) is 33.1 Å². The smallest absolute Gasteiger partial charge is 0.306 e. The molecule has 0 radical (unpaired) electrons. The summed E-state index contributed by atoms with van der Waals surface area (Å²) in [6.07, 6.45) is 2.14. The lowest BCUT2D eigenvalue weighted by Crippen LogP contribution is -2.09. The minimum Gasteiger partial charge on any atom is -0.491 e. The Morgan fingerprint density at radius 1 is 1.59 bits per heavy atom. The van der Waals surface area contributed by atoms with Gasteiger partial charge in [-0.1, -0.05) is 18.5 Å². The van der Waals surface area contributed by atoms with Gasteiger partial charge in [0.15, 0.2) is 0 Å². The number of benzene rings is 1. The molecule has 6 heteroatoms. The highest BCUT2D eigenvalue weighted by molar-refractivity contribution is 6.32. The quantitative estimate of drug-likeness (QED) is 0.614. The molecule has 0 heterocycles. The third-order valence-electron chi connectivity index (χ3n) is 2.90. The molecule has 1 aromatic rings. The molecule has 1 aromatic carbocycles. The Hall–Kier alpha value is -1.36. The Balaban J connectivity index is 2.18. The number of hydrogen-bond acceptors (Lipinski definition) is 3. The highest BCUT2D eigenvalue weighted by Crippen LogP contribution is 2.45. The standard InChI is InChI=1S/C11H11ClFNO3/c1-11(4-5-11)6-17-8-3-2-7(14(15)16)10(13)9(8)12/h2-3H,4-6H2,1H3. The van der Waals surface area contributed by atoms with Gasteiger partial charge in [0, 0.05) is 11.5 Å². The first-order valence-electron chi connectivity index (χ1n) is 5.18. The average molecular weight is 260 g/mol. The van der Waals surface area contributed by atoms with Crippen LogP contribution in [0.5, 0.6) is 5.75 Å². The molecule has 0 spiro atoms. The van der Waals surface area contributed by atoms with E-state index >= 15 is 0 Å². The molecule has 0 unspecified atom stereocenters. The summed E-state index contributed by atoms with van der Waals surface area (Å²) >= 11 is 5.69. The molecule has 92 valence electrons. The zero-order valence-corrected chi connectivity index (χ0v) is 9.96. The van der Waals surface area contributed by atoms with Crippen LogP contribution in [-0.4, -0.2) is 11.5 Å². The van der Waals surface area contributed by atoms with Crippen molar-refractivity contribution >= 4 is 17.3 Å². The minimum atomic E-state index is -1.05. The Morgan fingerprint density at radius 2 is 2.24 bits per heavy atom. The molecule has 1 aliphatic rings. The molecule has 0 saturated heterocycles. The van der Waals surface area contributed by atoms with E-state index in [-0.39, 0.29) is 16.2 Å². The Morgan fingerprint density at radius 3 is 2.76 bits per heavy atom. The van der Waals surface area contributed by atoms with Gasteiger partial charge in [-0.15, -0.1) is 0 Å². The van der Waals surface area contributed by atoms with Crippen LogP contribution in [0.1, 0.15) is 19.8 Å². The van der Waals surface area contributed by atoms with Gasteiger partial charge in [-0.3, -0.25) is 10.1 Å². The Kier molecular flexibility index (Phi) is 2.95. The first kappa shape index (κ1) is 12.1. The maximum atomic E-state index is 13.5. The Labute approximate surface area is 102 Å². The van der Waals surface area contributed by atoms with Crippen molar-refractivity contribution in [1.82, 2.24) is 0 Å². The van der Waals surface area contributed by atoms with Crippen molar-refractivity contribution in [3.63, 3.8) is 0 Å². The van der Waals surface area contributed by atoms with E-state index in [4.69, 9.17) is 16.3 Å². The first-order valence-corrected chi connectivity index (χ1v) is 5.56. The number of ether oxygens (including phenoxy) is 1. The number of halogens is 2. The molecule has 4 nitrogen and oxygen atoms in total. The summed E-state index contributed by atoms with van der Waals surface area (Å²) in [5.41, 5.74) is -0.498. The monoisotopic (exact) mass is 259 g/mol. The number of nitro groups is 1. The molecule has 1 aliphatic carbocycles. The molecule has 1 saturated carbocycles. The molecular formula is C11H11ClFNO3. The highest BCUT2D eigenvalue weighted by Gasteiger charge is 2.38. The van der Waals surface area contributed by atoms with Crippen LogP contribution in [-0.2, 0) is 0 Å². The van der Waals surface area contributed by atoms with Crippen molar-refractivity contribution in [2.45, 2.75) is 19.8 Å². The van der Waals surface area contributed by atoms with Crippen LogP contribution in [0.25, 0.3) is 0 Å². The highest BCUT2D eigenvalue weighted by atomic mass is 35.5. The van der Waals surface area contributed by atoms with E-state index in [0.717, 1.165) is 18.9 Å². The van der Waals surface area contributed by atoms with Gasteiger partial charge >= 0.3 is 5.69 Å². The lowest BCUT2D eigenvalue weighted by Gasteiger charge is -2.12. The summed E-state index contributed by atoms with van der Waals surface area (Å²) < 4.78 is 18.9. The van der Waals surface area contributed by atoms with Gasteiger partial charge < -0.3 is 4.74 Å². The summed E-state index contributed by atoms with van der Waals surface area (Å²) in [4.78, 5) is 9.67. The van der Waals surface area contributed by atoms with Crippen LogP contribution in [0.2, 0.25) is 5.02 Å². The molecule has 0 amide bonds. The molecule has 0 aromatic heterocycles. The fraction of sp³-hybridized carbons (Fsp3) is 0.455. The molecule has 17 heavy (non-hydrogen) atoms. The molecule has 0 bridgehead atoms. The molecule has 0 aliphatic heterocycles. The predicted molar refractivity (Wildman–Crippen MR) is 60.9 cm³/mol. The van der Waals surface area contributed by atoms with E-state index in [2.05, 4.69) is 6.92 Å². The minimum absolute atomic E-state index is 0.140. The lowest BCUT2D eigenvalue weighted by atomic mass is 10.2. The second kappa shape index (κ2) is 4.14. The second-order valence-electron chi connectivity index (χ2n) is 4.57. The van der Waals surface area contributed by atoms with E-state index in [9.17, 15) is 14.5 Å². The van der Waals surface area contributed by atoms with Gasteiger partial charge in [-0.05, 0) is 18.9 Å². The zero-order valence-electron chi connectivity index (χ0n) is 9.20. The molecular weight excluding hydrogens is 249 g/mol. The van der Waals surface area contributed by atoms with Crippen LogP contribution < -0.4 is 4.74 Å². The second-order valence-corrected chi connectivity index (χ2v) is 4.95. The van der Waals surface area contributed by atoms with Gasteiger partial charge in [-0.2, -0.15) is 4.39 Å². The summed E-state index contributed by atoms with van der Waals surface area (Å²) in [5.74, 6) is -0.891. The van der Waals surface area contributed by atoms with Crippen molar-refractivity contribution < 1.29 is 14.1 Å². The first-order chi connectivity index (χ1) is 7.93. The van der Waals surface area contributed by atoms with Crippen LogP contribution in [0.15, 0.2) is 12.1 Å². The van der Waals surface area contributed by atoms with E-state index in [1.54, 1.807) is 0 Å². The number of nitro benzene ring substituents is 1. The van der Waals surface area contributed by atoms with E-state index in [1.807, 2.05) is 0 Å². The third kappa shape index (κ3) is 2.49. The summed E-state index contributed by atoms with van der Waals surface area (Å²) in [5, 5.41) is 10.1. The Bertz CT molecular complexity index is 474. The largest absolute Gasteiger partial charge is 0.491 e. The van der Waals surface area contributed by atoms with E-state index in [0.29, 0.717) is 6.61 Å². The van der Waals surface area contributed by atoms with Crippen LogP contribution in [0, 0.1) is 21.3 Å². The zero-order chi connectivity index (χ0) is 12.6. The topological polar surface area (TPSA) is 52.4 Å². The summed E-state index contributed by atoms with van der Waals surface area (Å²) in [7, 11) is 0. The average Bonchev–Trinajstić information content (AvgIpc) is 2.99. The number of hydrogen-bond donors (Lipinski definition) is 0. The lowest BCUT2D eigenvalue weighted by molar-refractivity contribution is -0.387. The summed E-state index contributed by atoms with van der Waals surface area (Å²) in [6, 6.07) is 2.39. The maximum absolute atomic E-state index is 13.5. The number of rotatable bonds is 4. The van der Waals surface area contributed by atoms with Crippen molar-refractivity contribution in [2.24, 2.45) is 5.41 Å². The molecule has 1 fully saturated rings. The van der Waals surface area contributed by atoms with Gasteiger partial charge in [-0.25, -0.2) is 0 Å². The van der Waals surface area contributed by atoms with E-state index < -0.39 is 16.4 Å². The van der Waals surface area contributed by atoms with Crippen LogP contribution in [0.4, 0.5) is 10.1 Å². The molecule has 0 N–H and O–H groups in total. The van der Waals surface area contributed by atoms with Crippen molar-refractivity contribution in [2.75, 3.05) is 6.61 Å². The van der Waals surface area contributed by atoms with Crippen molar-refractivity contribution in [3.8, 4) is 5.75 Å². The number of nitrogens with zero attached hydrogens (tertiary/aromatic N) is 1. The van der Waals surface area contributed by atoms with Gasteiger partial charge in [0.25, 0.3) is 0 Å². The molecule has 2 rings (SSSR count). The predicted octanol–water partition coefficient (Wildman–Crippen LogP) is 3.57. The van der Waals surface area contributed by atoms with Gasteiger partial charge in [0.2, 0.25) is 5.82 Å². The van der Waals surface area contributed by atoms with Crippen molar-refractivity contribution in [1.29, 1.82) is 0 Å². The summed E-state index contributed by atoms with van der Waals surface area (Å²) in [6.45, 7) is 2.51. The normalized spacial score (nSPS) is 16.6. The maximum Gasteiger partial charge on any atom is 0.306 e. The van der Waals surface area contributed by atoms with Gasteiger partial charge in [0.05, 0.1) is 11.5 Å². The van der Waals surface area contributed by atoms with Gasteiger partial charge in [0.1, 0.15) is 10.8 Å². The van der Waals surface area contributed by atoms with Crippen LogP contribution in [0.3, 0.4) is 0 Å². The fourth-order valence-corrected chi connectivity index (χ4v) is 1.60. The van der Waals surface area contributed by atoms with E-state index in [1.165, 1.54) is 6.07 Å². The molecule has 0 atom stereocenters. The SMILES string of the molecule is CC1(COc2ccc([N+](=O)[O-])c(F)c2Cl)CC1. The third-order valence-corrected chi connectivity index (χ3v) is 3.26. The van der Waals surface area contributed by atoms with Crippen LogP contribution >= 0.6 is 11.6 Å².